The van der Waals surface area contributed by atoms with Crippen molar-refractivity contribution >= 4 is 29.0 Å². The number of aromatic amines is 1. The number of rotatable bonds is 3. The second-order valence-electron chi connectivity index (χ2n) is 4.96. The summed E-state index contributed by atoms with van der Waals surface area (Å²) >= 11 is 0. The number of pyridine rings is 1. The zero-order valence-electron chi connectivity index (χ0n) is 11.9. The first-order valence-corrected chi connectivity index (χ1v) is 6.56. The summed E-state index contributed by atoms with van der Waals surface area (Å²) in [6.07, 6.45) is 3.68. The first-order chi connectivity index (χ1) is 9.65. The molecule has 2 heterocycles. The van der Waals surface area contributed by atoms with E-state index in [0.717, 1.165) is 27.8 Å². The minimum atomic E-state index is -0.215. The van der Waals surface area contributed by atoms with E-state index in [1.807, 2.05) is 6.20 Å². The average molecular weight is 306 g/mol. The lowest BCUT2D eigenvalue weighted by molar-refractivity contribution is 0.627. The highest BCUT2D eigenvalue weighted by molar-refractivity contribution is 5.93. The van der Waals surface area contributed by atoms with E-state index in [2.05, 4.69) is 29.1 Å². The predicted octanol–water partition coefficient (Wildman–Crippen LogP) is 4.35. The van der Waals surface area contributed by atoms with Gasteiger partial charge >= 0.3 is 0 Å². The number of H-pyrrole nitrogens is 1. The number of aryl methyl sites for hydroxylation is 2. The van der Waals surface area contributed by atoms with Crippen molar-refractivity contribution in [1.82, 2.24) is 9.97 Å². The van der Waals surface area contributed by atoms with Crippen LogP contribution in [0.2, 0.25) is 0 Å². The van der Waals surface area contributed by atoms with Crippen molar-refractivity contribution in [1.29, 1.82) is 0 Å². The van der Waals surface area contributed by atoms with E-state index in [-0.39, 0.29) is 18.2 Å². The summed E-state index contributed by atoms with van der Waals surface area (Å²) in [5.74, 6) is -0.215. The molecular formula is C16H17ClFN3. The summed E-state index contributed by atoms with van der Waals surface area (Å²) in [5, 5.41) is 4.48. The number of nitrogens with zero attached hydrogens (tertiary/aromatic N) is 1. The third-order valence-corrected chi connectivity index (χ3v) is 3.62. The zero-order chi connectivity index (χ0) is 14.1. The largest absolute Gasteiger partial charge is 0.378 e. The monoisotopic (exact) mass is 305 g/mol. The fourth-order valence-electron chi connectivity index (χ4n) is 2.30. The fraction of sp³-hybridized carbons (Fsp3) is 0.188. The highest BCUT2D eigenvalue weighted by Crippen LogP contribution is 2.26. The summed E-state index contributed by atoms with van der Waals surface area (Å²) in [4.78, 5) is 7.65. The van der Waals surface area contributed by atoms with Crippen molar-refractivity contribution in [3.05, 3.63) is 59.3 Å². The molecular weight excluding hydrogens is 289 g/mol. The predicted molar refractivity (Wildman–Crippen MR) is 86.5 cm³/mol. The standard InChI is InChI=1S/C16H16FN3.ClH/c1-10-11(2)20-16-14(10)8-18-9-15(16)19-7-12-3-5-13(17)6-4-12;/h3-6,8-9,19-20H,7H2,1-2H3;1H. The minimum absolute atomic E-state index is 0. The van der Waals surface area contributed by atoms with E-state index < -0.39 is 0 Å². The van der Waals surface area contributed by atoms with Gasteiger partial charge in [0.25, 0.3) is 0 Å². The van der Waals surface area contributed by atoms with Crippen LogP contribution in [0.4, 0.5) is 10.1 Å². The van der Waals surface area contributed by atoms with E-state index in [0.29, 0.717) is 6.54 Å². The number of hydrogen-bond acceptors (Lipinski definition) is 2. The molecule has 2 aromatic heterocycles. The molecule has 0 unspecified atom stereocenters. The van der Waals surface area contributed by atoms with Gasteiger partial charge in [0.05, 0.1) is 17.4 Å². The Balaban J connectivity index is 0.00000161. The third-order valence-electron chi connectivity index (χ3n) is 3.62. The van der Waals surface area contributed by atoms with Gasteiger partial charge in [-0.05, 0) is 37.1 Å². The van der Waals surface area contributed by atoms with Crippen LogP contribution in [0.3, 0.4) is 0 Å². The van der Waals surface area contributed by atoms with Gasteiger partial charge in [-0.2, -0.15) is 0 Å². The summed E-state index contributed by atoms with van der Waals surface area (Å²) in [5.41, 5.74) is 5.43. The lowest BCUT2D eigenvalue weighted by atomic mass is 10.2. The van der Waals surface area contributed by atoms with Crippen molar-refractivity contribution in [2.75, 3.05) is 5.32 Å². The van der Waals surface area contributed by atoms with Crippen LogP contribution >= 0.6 is 12.4 Å². The number of anilines is 1. The van der Waals surface area contributed by atoms with Crippen LogP contribution in [-0.2, 0) is 6.54 Å². The topological polar surface area (TPSA) is 40.7 Å². The molecule has 0 radical (unpaired) electrons. The van der Waals surface area contributed by atoms with E-state index in [1.165, 1.54) is 17.7 Å². The Hall–Kier alpha value is -2.07. The molecule has 0 fully saturated rings. The molecule has 0 aliphatic heterocycles. The Kier molecular flexibility index (Phi) is 4.48. The Labute approximate surface area is 129 Å². The van der Waals surface area contributed by atoms with Crippen LogP contribution < -0.4 is 5.32 Å². The van der Waals surface area contributed by atoms with Gasteiger partial charge in [-0.3, -0.25) is 4.98 Å². The molecule has 1 aromatic carbocycles. The number of benzene rings is 1. The maximum Gasteiger partial charge on any atom is 0.123 e. The Morgan fingerprint density at radius 1 is 1.14 bits per heavy atom. The van der Waals surface area contributed by atoms with Crippen LogP contribution in [-0.4, -0.2) is 9.97 Å². The van der Waals surface area contributed by atoms with Gasteiger partial charge in [-0.25, -0.2) is 4.39 Å². The molecule has 5 heteroatoms. The van der Waals surface area contributed by atoms with E-state index in [4.69, 9.17) is 0 Å². The van der Waals surface area contributed by atoms with Crippen molar-refractivity contribution in [3.63, 3.8) is 0 Å². The van der Waals surface area contributed by atoms with Crippen molar-refractivity contribution in [2.24, 2.45) is 0 Å². The first kappa shape index (κ1) is 15.3. The SMILES string of the molecule is Cc1[nH]c2c(NCc3ccc(F)cc3)cncc2c1C.Cl. The highest BCUT2D eigenvalue weighted by atomic mass is 35.5. The fourth-order valence-corrected chi connectivity index (χ4v) is 2.30. The minimum Gasteiger partial charge on any atom is -0.378 e. The molecule has 21 heavy (non-hydrogen) atoms. The summed E-state index contributed by atoms with van der Waals surface area (Å²) in [7, 11) is 0. The molecule has 3 nitrogen and oxygen atoms in total. The molecule has 0 amide bonds. The number of hydrogen-bond donors (Lipinski definition) is 2. The van der Waals surface area contributed by atoms with Gasteiger partial charge in [-0.15, -0.1) is 12.4 Å². The molecule has 2 N–H and O–H groups in total. The summed E-state index contributed by atoms with van der Waals surface area (Å²) < 4.78 is 12.9. The lowest BCUT2D eigenvalue weighted by Gasteiger charge is -2.07. The molecule has 3 aromatic rings. The number of aromatic nitrogens is 2. The van der Waals surface area contributed by atoms with Crippen molar-refractivity contribution in [2.45, 2.75) is 20.4 Å². The molecule has 0 saturated carbocycles. The summed E-state index contributed by atoms with van der Waals surface area (Å²) in [6, 6.07) is 6.50. The number of fused-ring (bicyclic) bond motifs is 1. The van der Waals surface area contributed by atoms with Crippen LogP contribution in [0.15, 0.2) is 36.7 Å². The molecule has 0 spiro atoms. The quantitative estimate of drug-likeness (QED) is 0.755. The maximum absolute atomic E-state index is 12.9. The zero-order valence-corrected chi connectivity index (χ0v) is 12.7. The number of nitrogens with one attached hydrogen (secondary N) is 2. The van der Waals surface area contributed by atoms with Gasteiger partial charge in [0.15, 0.2) is 0 Å². The molecule has 110 valence electrons. The second-order valence-corrected chi connectivity index (χ2v) is 4.96. The Morgan fingerprint density at radius 2 is 1.86 bits per heavy atom. The third kappa shape index (κ3) is 3.00. The smallest absolute Gasteiger partial charge is 0.123 e. The molecule has 0 aliphatic carbocycles. The highest BCUT2D eigenvalue weighted by Gasteiger charge is 2.08. The van der Waals surface area contributed by atoms with E-state index >= 15 is 0 Å². The van der Waals surface area contributed by atoms with Gasteiger partial charge in [0.2, 0.25) is 0 Å². The van der Waals surface area contributed by atoms with Crippen LogP contribution in [0.25, 0.3) is 10.9 Å². The van der Waals surface area contributed by atoms with Crippen molar-refractivity contribution in [3.8, 4) is 0 Å². The van der Waals surface area contributed by atoms with E-state index in [9.17, 15) is 4.39 Å². The maximum atomic E-state index is 12.9. The Bertz CT molecular complexity index is 750. The van der Waals surface area contributed by atoms with Crippen LogP contribution in [0.1, 0.15) is 16.8 Å². The first-order valence-electron chi connectivity index (χ1n) is 6.56. The van der Waals surface area contributed by atoms with Crippen LogP contribution in [0, 0.1) is 19.7 Å². The molecule has 3 rings (SSSR count). The summed E-state index contributed by atoms with van der Waals surface area (Å²) in [6.45, 7) is 4.77. The lowest BCUT2D eigenvalue weighted by Crippen LogP contribution is -2.00. The van der Waals surface area contributed by atoms with Gasteiger partial charge < -0.3 is 10.3 Å². The van der Waals surface area contributed by atoms with E-state index in [1.54, 1.807) is 18.3 Å². The van der Waals surface area contributed by atoms with Crippen molar-refractivity contribution < 1.29 is 4.39 Å². The van der Waals surface area contributed by atoms with Gasteiger partial charge in [0, 0.05) is 23.8 Å². The average Bonchev–Trinajstić information content (AvgIpc) is 2.75. The molecule has 0 bridgehead atoms. The molecule has 0 saturated heterocycles. The van der Waals surface area contributed by atoms with Gasteiger partial charge in [-0.1, -0.05) is 12.1 Å². The molecule has 0 atom stereocenters. The van der Waals surface area contributed by atoms with Gasteiger partial charge in [0.1, 0.15) is 5.82 Å². The normalized spacial score (nSPS) is 10.4. The Morgan fingerprint density at radius 3 is 2.57 bits per heavy atom. The second kappa shape index (κ2) is 6.14. The van der Waals surface area contributed by atoms with Crippen LogP contribution in [0.5, 0.6) is 0 Å². The molecule has 0 aliphatic rings. The number of halogens is 2.